The van der Waals surface area contributed by atoms with Gasteiger partial charge in [-0.15, -0.1) is 0 Å². The number of piperidine rings is 1. The zero-order valence-corrected chi connectivity index (χ0v) is 16.8. The van der Waals surface area contributed by atoms with E-state index in [0.717, 1.165) is 51.5 Å². The van der Waals surface area contributed by atoms with Crippen LogP contribution in [0, 0.1) is 5.92 Å². The van der Waals surface area contributed by atoms with Crippen LogP contribution >= 0.6 is 0 Å². The van der Waals surface area contributed by atoms with Gasteiger partial charge in [-0.05, 0) is 82.3 Å². The summed E-state index contributed by atoms with van der Waals surface area (Å²) < 4.78 is 0. The van der Waals surface area contributed by atoms with Crippen LogP contribution in [0.4, 0.5) is 5.69 Å². The molecule has 1 aromatic carbocycles. The first-order valence-electron chi connectivity index (χ1n) is 11.0. The molecule has 4 rings (SSSR count). The number of carbonyl (C=O) groups is 1. The topological polar surface area (TPSA) is 35.6 Å². The highest BCUT2D eigenvalue weighted by Crippen LogP contribution is 2.28. The van der Waals surface area contributed by atoms with Crippen molar-refractivity contribution in [2.24, 2.45) is 5.92 Å². The molecule has 0 aliphatic carbocycles. The summed E-state index contributed by atoms with van der Waals surface area (Å²) in [6.45, 7) is 8.10. The van der Waals surface area contributed by atoms with Gasteiger partial charge in [0.2, 0.25) is 0 Å². The molecule has 148 valence electrons. The first-order chi connectivity index (χ1) is 13.2. The molecule has 1 aromatic rings. The van der Waals surface area contributed by atoms with Crippen LogP contribution in [0.1, 0.15) is 51.0 Å². The van der Waals surface area contributed by atoms with Crippen molar-refractivity contribution in [3.63, 3.8) is 0 Å². The molecule has 0 spiro atoms. The van der Waals surface area contributed by atoms with E-state index in [1.165, 1.54) is 37.1 Å². The number of benzene rings is 1. The summed E-state index contributed by atoms with van der Waals surface area (Å²) in [5, 5.41) is 3.37. The maximum absolute atomic E-state index is 12.4. The number of ketones is 1. The van der Waals surface area contributed by atoms with Gasteiger partial charge in [0, 0.05) is 43.7 Å². The maximum atomic E-state index is 12.4. The van der Waals surface area contributed by atoms with E-state index in [1.807, 2.05) is 0 Å². The molecule has 3 heterocycles. The highest BCUT2D eigenvalue weighted by atomic mass is 16.1. The molecule has 2 atom stereocenters. The lowest BCUT2D eigenvalue weighted by atomic mass is 9.91. The van der Waals surface area contributed by atoms with E-state index in [2.05, 4.69) is 46.3 Å². The van der Waals surface area contributed by atoms with E-state index in [1.54, 1.807) is 0 Å². The Morgan fingerprint density at radius 2 is 1.85 bits per heavy atom. The van der Waals surface area contributed by atoms with Crippen LogP contribution < -0.4 is 10.2 Å². The van der Waals surface area contributed by atoms with Crippen molar-refractivity contribution in [1.29, 1.82) is 0 Å². The third-order valence-corrected chi connectivity index (χ3v) is 6.91. The van der Waals surface area contributed by atoms with Crippen molar-refractivity contribution in [3.8, 4) is 0 Å². The van der Waals surface area contributed by atoms with Crippen molar-refractivity contribution in [2.45, 2.75) is 64.0 Å². The quantitative estimate of drug-likeness (QED) is 0.835. The fraction of sp³-hybridized carbons (Fsp3) is 0.696. The maximum Gasteiger partial charge on any atom is 0.137 e. The minimum Gasteiger partial charge on any atom is -0.370 e. The lowest BCUT2D eigenvalue weighted by Crippen LogP contribution is -2.39. The van der Waals surface area contributed by atoms with Gasteiger partial charge < -0.3 is 10.2 Å². The molecule has 0 radical (unpaired) electrons. The van der Waals surface area contributed by atoms with Crippen LogP contribution in [0.15, 0.2) is 24.3 Å². The van der Waals surface area contributed by atoms with Gasteiger partial charge in [0.25, 0.3) is 0 Å². The first kappa shape index (κ1) is 18.9. The SMILES string of the molecule is C[C@H]1CCCN1[C@H]1CCN(c2ccc(CC(=O)CC3CCNCC3)cc2)C1. The Balaban J connectivity index is 1.28. The number of hydrogen-bond acceptors (Lipinski definition) is 4. The molecule has 27 heavy (non-hydrogen) atoms. The summed E-state index contributed by atoms with van der Waals surface area (Å²) >= 11 is 0. The number of anilines is 1. The fourth-order valence-corrected chi connectivity index (χ4v) is 5.28. The molecular formula is C23H35N3O. The highest BCUT2D eigenvalue weighted by Gasteiger charge is 2.32. The van der Waals surface area contributed by atoms with Crippen LogP contribution in [0.2, 0.25) is 0 Å². The Morgan fingerprint density at radius 1 is 1.07 bits per heavy atom. The molecule has 3 aliphatic heterocycles. The number of nitrogens with zero attached hydrogens (tertiary/aromatic N) is 2. The van der Waals surface area contributed by atoms with Crippen molar-refractivity contribution < 1.29 is 4.79 Å². The van der Waals surface area contributed by atoms with E-state index in [4.69, 9.17) is 0 Å². The largest absolute Gasteiger partial charge is 0.370 e. The van der Waals surface area contributed by atoms with Gasteiger partial charge in [0.1, 0.15) is 5.78 Å². The molecule has 3 aliphatic rings. The van der Waals surface area contributed by atoms with E-state index in [0.29, 0.717) is 24.2 Å². The van der Waals surface area contributed by atoms with Gasteiger partial charge in [-0.2, -0.15) is 0 Å². The van der Waals surface area contributed by atoms with E-state index < -0.39 is 0 Å². The highest BCUT2D eigenvalue weighted by molar-refractivity contribution is 5.81. The average Bonchev–Trinajstić information content (AvgIpc) is 3.32. The molecule has 3 saturated heterocycles. The number of hydrogen-bond donors (Lipinski definition) is 1. The van der Waals surface area contributed by atoms with Gasteiger partial charge in [-0.3, -0.25) is 9.69 Å². The predicted molar refractivity (Wildman–Crippen MR) is 111 cm³/mol. The van der Waals surface area contributed by atoms with Gasteiger partial charge in [-0.25, -0.2) is 0 Å². The van der Waals surface area contributed by atoms with E-state index in [9.17, 15) is 4.79 Å². The van der Waals surface area contributed by atoms with Crippen molar-refractivity contribution in [1.82, 2.24) is 10.2 Å². The van der Waals surface area contributed by atoms with Gasteiger partial charge in [0.05, 0.1) is 0 Å². The smallest absolute Gasteiger partial charge is 0.137 e. The number of rotatable bonds is 6. The van der Waals surface area contributed by atoms with Gasteiger partial charge in [0.15, 0.2) is 0 Å². The van der Waals surface area contributed by atoms with Crippen LogP contribution in [-0.2, 0) is 11.2 Å². The molecule has 1 N–H and O–H groups in total. The lowest BCUT2D eigenvalue weighted by molar-refractivity contribution is -0.119. The third-order valence-electron chi connectivity index (χ3n) is 6.91. The van der Waals surface area contributed by atoms with Crippen LogP contribution in [0.3, 0.4) is 0 Å². The predicted octanol–water partition coefficient (Wildman–Crippen LogP) is 3.25. The summed E-state index contributed by atoms with van der Waals surface area (Å²) in [4.78, 5) is 17.6. The molecule has 0 saturated carbocycles. The Morgan fingerprint density at radius 3 is 2.56 bits per heavy atom. The zero-order chi connectivity index (χ0) is 18.6. The number of likely N-dealkylation sites (tertiary alicyclic amines) is 1. The molecule has 0 amide bonds. The fourth-order valence-electron chi connectivity index (χ4n) is 5.28. The second kappa shape index (κ2) is 8.74. The molecule has 0 aromatic heterocycles. The molecule has 4 heteroatoms. The monoisotopic (exact) mass is 369 g/mol. The molecule has 0 bridgehead atoms. The zero-order valence-electron chi connectivity index (χ0n) is 16.8. The van der Waals surface area contributed by atoms with Crippen LogP contribution in [0.25, 0.3) is 0 Å². The number of Topliss-reactive ketones (excluding diaryl/α,β-unsaturated/α-hetero) is 1. The standard InChI is InChI=1S/C23H35N3O/c1-18-3-2-13-26(18)22-10-14-25(17-22)21-6-4-19(5-7-21)15-23(27)16-20-8-11-24-12-9-20/h4-7,18,20,22,24H,2-3,8-17H2,1H3/t18-,22-/m0/s1. The third kappa shape index (κ3) is 4.72. The second-order valence-corrected chi connectivity index (χ2v) is 8.90. The second-order valence-electron chi connectivity index (χ2n) is 8.90. The Kier molecular flexibility index (Phi) is 6.14. The Labute approximate surface area is 164 Å². The van der Waals surface area contributed by atoms with Crippen LogP contribution in [-0.4, -0.2) is 55.5 Å². The van der Waals surface area contributed by atoms with Crippen molar-refractivity contribution >= 4 is 11.5 Å². The molecule has 0 unspecified atom stereocenters. The first-order valence-corrected chi connectivity index (χ1v) is 11.0. The average molecular weight is 370 g/mol. The van der Waals surface area contributed by atoms with E-state index in [-0.39, 0.29) is 0 Å². The Bertz CT molecular complexity index is 623. The Hall–Kier alpha value is -1.39. The lowest BCUT2D eigenvalue weighted by Gasteiger charge is -2.28. The summed E-state index contributed by atoms with van der Waals surface area (Å²) in [7, 11) is 0. The summed E-state index contributed by atoms with van der Waals surface area (Å²) in [6, 6.07) is 10.3. The van der Waals surface area contributed by atoms with Crippen LogP contribution in [0.5, 0.6) is 0 Å². The minimum absolute atomic E-state index is 0.402. The minimum atomic E-state index is 0.402. The van der Waals surface area contributed by atoms with Gasteiger partial charge >= 0.3 is 0 Å². The normalized spacial score (nSPS) is 27.4. The molecule has 4 nitrogen and oxygen atoms in total. The van der Waals surface area contributed by atoms with E-state index >= 15 is 0 Å². The molecule has 3 fully saturated rings. The van der Waals surface area contributed by atoms with Crippen molar-refractivity contribution in [2.75, 3.05) is 37.6 Å². The summed E-state index contributed by atoms with van der Waals surface area (Å²) in [6.07, 6.45) is 7.64. The van der Waals surface area contributed by atoms with Crippen molar-refractivity contribution in [3.05, 3.63) is 29.8 Å². The molecular weight excluding hydrogens is 334 g/mol. The van der Waals surface area contributed by atoms with Gasteiger partial charge in [-0.1, -0.05) is 12.1 Å². The summed E-state index contributed by atoms with van der Waals surface area (Å²) in [5.74, 6) is 0.992. The number of carbonyl (C=O) groups excluding carboxylic acids is 1. The number of nitrogens with one attached hydrogen (secondary N) is 1. The summed E-state index contributed by atoms with van der Waals surface area (Å²) in [5.41, 5.74) is 2.49.